The first-order valence-electron chi connectivity index (χ1n) is 11.0. The number of nitrogens with one attached hydrogen (secondary N) is 1. The maximum atomic E-state index is 14.0. The van der Waals surface area contributed by atoms with E-state index in [2.05, 4.69) is 20.2 Å². The van der Waals surface area contributed by atoms with E-state index in [4.69, 9.17) is 12.2 Å². The van der Waals surface area contributed by atoms with E-state index in [0.717, 1.165) is 43.9 Å². The molecule has 1 saturated heterocycles. The molecule has 1 aliphatic rings. The van der Waals surface area contributed by atoms with Crippen LogP contribution in [0.25, 0.3) is 5.82 Å². The van der Waals surface area contributed by atoms with Crippen LogP contribution in [0.1, 0.15) is 35.7 Å². The predicted octanol–water partition coefficient (Wildman–Crippen LogP) is 5.25. The minimum atomic E-state index is -0.251. The minimum absolute atomic E-state index is 0. The van der Waals surface area contributed by atoms with E-state index in [9.17, 15) is 8.78 Å². The Hall–Kier alpha value is -2.88. The molecule has 1 N–H and O–H groups in total. The number of hydrogen-bond donors (Lipinski definition) is 1. The van der Waals surface area contributed by atoms with Crippen LogP contribution in [0.15, 0.2) is 60.8 Å². The van der Waals surface area contributed by atoms with Crippen molar-refractivity contribution in [3.8, 4) is 5.82 Å². The molecular formula is C24H25ClF2N6S. The van der Waals surface area contributed by atoms with Crippen LogP contribution in [0.5, 0.6) is 0 Å². The third-order valence-corrected chi connectivity index (χ3v) is 6.31. The lowest BCUT2D eigenvalue weighted by Gasteiger charge is -2.32. The van der Waals surface area contributed by atoms with E-state index in [0.29, 0.717) is 22.7 Å². The van der Waals surface area contributed by atoms with Gasteiger partial charge in [0.2, 0.25) is 4.77 Å². The number of aromatic nitrogens is 5. The van der Waals surface area contributed by atoms with Gasteiger partial charge in [0.15, 0.2) is 5.82 Å². The molecule has 0 bridgehead atoms. The zero-order chi connectivity index (χ0) is 22.8. The molecule has 0 amide bonds. The van der Waals surface area contributed by atoms with Crippen LogP contribution in [-0.2, 0) is 13.1 Å². The van der Waals surface area contributed by atoms with Crippen molar-refractivity contribution in [2.45, 2.75) is 31.8 Å². The summed E-state index contributed by atoms with van der Waals surface area (Å²) in [7, 11) is 0. The number of halogens is 3. The number of H-pyrrole nitrogens is 1. The molecule has 5 rings (SSSR count). The molecule has 0 spiro atoms. The van der Waals surface area contributed by atoms with Gasteiger partial charge in [-0.2, -0.15) is 10.2 Å². The quantitative estimate of drug-likeness (QED) is 0.366. The zero-order valence-electron chi connectivity index (χ0n) is 18.4. The fourth-order valence-electron chi connectivity index (χ4n) is 4.42. The highest BCUT2D eigenvalue weighted by Crippen LogP contribution is 2.28. The van der Waals surface area contributed by atoms with Crippen LogP contribution in [0, 0.1) is 16.4 Å². The van der Waals surface area contributed by atoms with E-state index in [1.807, 2.05) is 35.0 Å². The molecule has 2 aromatic carbocycles. The summed E-state index contributed by atoms with van der Waals surface area (Å²) in [4.78, 5) is 2.36. The van der Waals surface area contributed by atoms with Crippen molar-refractivity contribution in [1.82, 2.24) is 29.4 Å². The Morgan fingerprint density at radius 2 is 1.82 bits per heavy atom. The number of hydrogen-bond acceptors (Lipinski definition) is 4. The van der Waals surface area contributed by atoms with Crippen LogP contribution < -0.4 is 0 Å². The van der Waals surface area contributed by atoms with E-state index in [-0.39, 0.29) is 30.0 Å². The van der Waals surface area contributed by atoms with Crippen molar-refractivity contribution in [2.24, 2.45) is 0 Å². The summed E-state index contributed by atoms with van der Waals surface area (Å²) in [5.41, 5.74) is 1.66. The van der Waals surface area contributed by atoms with Gasteiger partial charge in [-0.3, -0.25) is 19.2 Å². The van der Waals surface area contributed by atoms with Gasteiger partial charge in [-0.15, -0.1) is 12.4 Å². The lowest BCUT2D eigenvalue weighted by molar-refractivity contribution is 0.195. The van der Waals surface area contributed by atoms with Gasteiger partial charge in [-0.1, -0.05) is 30.3 Å². The van der Waals surface area contributed by atoms with Gasteiger partial charge in [0.25, 0.3) is 0 Å². The smallest absolute Gasteiger partial charge is 0.201 e. The fourth-order valence-corrected chi connectivity index (χ4v) is 4.65. The summed E-state index contributed by atoms with van der Waals surface area (Å²) in [5.74, 6) is 1.22. The predicted molar refractivity (Wildman–Crippen MR) is 131 cm³/mol. The van der Waals surface area contributed by atoms with Gasteiger partial charge < -0.3 is 0 Å². The fraction of sp³-hybridized carbons (Fsp3) is 0.292. The van der Waals surface area contributed by atoms with E-state index in [1.54, 1.807) is 16.8 Å². The van der Waals surface area contributed by atoms with Crippen LogP contribution in [-0.4, -0.2) is 42.5 Å². The van der Waals surface area contributed by atoms with Crippen molar-refractivity contribution in [3.05, 3.63) is 94.2 Å². The standard InChI is InChI=1S/C24H24F2N6S.ClH/c25-20-9-7-17(8-10-20)14-30-12-3-5-19(15-30)23-27-28-24(33)32(23)22-11-13-31(29-22)16-18-4-1-2-6-21(18)26;/h1-2,4,6-11,13,19H,3,5,12,14-16H2,(H,28,33);1H. The van der Waals surface area contributed by atoms with Crippen LogP contribution >= 0.6 is 24.6 Å². The average molecular weight is 503 g/mol. The third-order valence-electron chi connectivity index (χ3n) is 6.03. The largest absolute Gasteiger partial charge is 0.298 e. The lowest BCUT2D eigenvalue weighted by atomic mass is 9.96. The molecule has 0 radical (unpaired) electrons. The number of nitrogens with zero attached hydrogens (tertiary/aromatic N) is 5. The van der Waals surface area contributed by atoms with Crippen molar-refractivity contribution < 1.29 is 8.78 Å². The Morgan fingerprint density at radius 3 is 2.62 bits per heavy atom. The molecule has 1 unspecified atom stereocenters. The summed E-state index contributed by atoms with van der Waals surface area (Å²) >= 11 is 5.52. The Kier molecular flexibility index (Phi) is 7.55. The summed E-state index contributed by atoms with van der Waals surface area (Å²) in [6, 6.07) is 15.2. The molecule has 6 nitrogen and oxygen atoms in total. The SMILES string of the molecule is Cl.Fc1ccc(CN2CCCC(c3n[nH]c(=S)n3-c3ccn(Cc4ccccc4F)n3)C2)cc1. The molecule has 2 aromatic heterocycles. The Labute approximate surface area is 207 Å². The molecule has 10 heteroatoms. The maximum absolute atomic E-state index is 14.0. The summed E-state index contributed by atoms with van der Waals surface area (Å²) < 4.78 is 31.3. The summed E-state index contributed by atoms with van der Waals surface area (Å²) in [6.45, 7) is 2.91. The number of aromatic amines is 1. The van der Waals surface area contributed by atoms with Crippen molar-refractivity contribution >= 4 is 24.6 Å². The number of benzene rings is 2. The highest BCUT2D eigenvalue weighted by molar-refractivity contribution is 7.71. The Balaban J connectivity index is 0.00000274. The molecule has 34 heavy (non-hydrogen) atoms. The van der Waals surface area contributed by atoms with Crippen molar-refractivity contribution in [2.75, 3.05) is 13.1 Å². The van der Waals surface area contributed by atoms with E-state index < -0.39 is 0 Å². The molecular weight excluding hydrogens is 478 g/mol. The number of piperidine rings is 1. The van der Waals surface area contributed by atoms with Crippen LogP contribution in [0.4, 0.5) is 8.78 Å². The third kappa shape index (κ3) is 5.27. The zero-order valence-corrected chi connectivity index (χ0v) is 20.0. The molecule has 4 aromatic rings. The molecule has 1 aliphatic heterocycles. The van der Waals surface area contributed by atoms with E-state index in [1.165, 1.54) is 18.2 Å². The van der Waals surface area contributed by atoms with Crippen LogP contribution in [0.3, 0.4) is 0 Å². The van der Waals surface area contributed by atoms with Gasteiger partial charge in [-0.05, 0) is 55.4 Å². The van der Waals surface area contributed by atoms with Gasteiger partial charge >= 0.3 is 0 Å². The average Bonchev–Trinajstić information content (AvgIpc) is 3.43. The lowest BCUT2D eigenvalue weighted by Crippen LogP contribution is -2.34. The first-order chi connectivity index (χ1) is 16.1. The first-order valence-corrected chi connectivity index (χ1v) is 11.4. The van der Waals surface area contributed by atoms with Gasteiger partial charge in [0, 0.05) is 36.8 Å². The Bertz CT molecular complexity index is 1300. The van der Waals surface area contributed by atoms with Crippen LogP contribution in [0.2, 0.25) is 0 Å². The number of likely N-dealkylation sites (tertiary alicyclic amines) is 1. The highest BCUT2D eigenvalue weighted by Gasteiger charge is 2.27. The molecule has 0 aliphatic carbocycles. The Morgan fingerprint density at radius 1 is 1.03 bits per heavy atom. The topological polar surface area (TPSA) is 54.7 Å². The molecule has 3 heterocycles. The normalized spacial score (nSPS) is 16.4. The second-order valence-corrected chi connectivity index (χ2v) is 8.77. The molecule has 178 valence electrons. The summed E-state index contributed by atoms with van der Waals surface area (Å²) in [6.07, 6.45) is 3.85. The first kappa shape index (κ1) is 24.3. The van der Waals surface area contributed by atoms with Crippen molar-refractivity contribution in [3.63, 3.8) is 0 Å². The molecule has 1 atom stereocenters. The summed E-state index contributed by atoms with van der Waals surface area (Å²) in [5, 5.41) is 12.1. The van der Waals surface area contributed by atoms with E-state index >= 15 is 0 Å². The number of rotatable bonds is 6. The highest BCUT2D eigenvalue weighted by atomic mass is 35.5. The molecule has 0 saturated carbocycles. The van der Waals surface area contributed by atoms with Crippen molar-refractivity contribution in [1.29, 1.82) is 0 Å². The second kappa shape index (κ2) is 10.6. The maximum Gasteiger partial charge on any atom is 0.201 e. The van der Waals surface area contributed by atoms with Gasteiger partial charge in [0.05, 0.1) is 6.54 Å². The van der Waals surface area contributed by atoms with Gasteiger partial charge in [-0.25, -0.2) is 8.78 Å². The molecule has 1 fully saturated rings. The second-order valence-electron chi connectivity index (χ2n) is 8.39. The van der Waals surface area contributed by atoms with Gasteiger partial charge in [0.1, 0.15) is 17.5 Å². The monoisotopic (exact) mass is 502 g/mol. The minimum Gasteiger partial charge on any atom is -0.298 e.